The molecule has 0 aliphatic rings. The second-order valence-corrected chi connectivity index (χ2v) is 4.10. The number of halogens is 1. The molecule has 16 heavy (non-hydrogen) atoms. The van der Waals surface area contributed by atoms with Gasteiger partial charge in [-0.1, -0.05) is 21.1 Å². The number of benzene rings is 1. The van der Waals surface area contributed by atoms with Crippen LogP contribution < -0.4 is 5.73 Å². The lowest BCUT2D eigenvalue weighted by Crippen LogP contribution is -1.92. The highest BCUT2D eigenvalue weighted by Crippen LogP contribution is 2.27. The van der Waals surface area contributed by atoms with Crippen molar-refractivity contribution >= 4 is 21.6 Å². The quantitative estimate of drug-likeness (QED) is 0.875. The normalized spacial score (nSPS) is 10.6. The number of hydrogen-bond donors (Lipinski definition) is 1. The highest BCUT2D eigenvalue weighted by molar-refractivity contribution is 9.10. The second-order valence-electron chi connectivity index (χ2n) is 3.18. The highest BCUT2D eigenvalue weighted by Gasteiger charge is 2.11. The maximum Gasteiger partial charge on any atom is 0.260 e. The fourth-order valence-electron chi connectivity index (χ4n) is 1.26. The molecule has 1 heterocycles. The Labute approximate surface area is 101 Å². The summed E-state index contributed by atoms with van der Waals surface area (Å²) in [4.78, 5) is 4.17. The van der Waals surface area contributed by atoms with Gasteiger partial charge in [-0.15, -0.1) is 0 Å². The average molecular weight is 284 g/mol. The number of rotatable bonds is 3. The van der Waals surface area contributed by atoms with Crippen molar-refractivity contribution in [3.63, 3.8) is 0 Å². The maximum atomic E-state index is 5.82. The molecule has 6 heteroatoms. The van der Waals surface area contributed by atoms with Crippen LogP contribution in [0.15, 0.2) is 27.2 Å². The first kappa shape index (κ1) is 11.1. The van der Waals surface area contributed by atoms with E-state index in [1.807, 2.05) is 12.1 Å². The number of nitrogen functional groups attached to an aromatic ring is 1. The molecule has 0 saturated heterocycles. The molecule has 0 amide bonds. The number of methoxy groups -OCH3 is 1. The molecule has 0 atom stereocenters. The number of nitrogens with zero attached hydrogens (tertiary/aromatic N) is 2. The molecule has 0 bridgehead atoms. The monoisotopic (exact) mass is 283 g/mol. The van der Waals surface area contributed by atoms with Crippen LogP contribution in [-0.2, 0) is 11.3 Å². The average Bonchev–Trinajstić information content (AvgIpc) is 2.71. The Balaban J connectivity index is 2.38. The van der Waals surface area contributed by atoms with E-state index in [9.17, 15) is 0 Å². The van der Waals surface area contributed by atoms with Crippen LogP contribution in [-0.4, -0.2) is 17.3 Å². The van der Waals surface area contributed by atoms with Gasteiger partial charge in [0.2, 0.25) is 0 Å². The van der Waals surface area contributed by atoms with Gasteiger partial charge < -0.3 is 15.0 Å². The van der Waals surface area contributed by atoms with Crippen LogP contribution in [0.2, 0.25) is 0 Å². The van der Waals surface area contributed by atoms with E-state index in [4.69, 9.17) is 15.0 Å². The third kappa shape index (κ3) is 2.23. The van der Waals surface area contributed by atoms with Gasteiger partial charge in [0.15, 0.2) is 5.82 Å². The summed E-state index contributed by atoms with van der Waals surface area (Å²) in [5.74, 6) is 0.891. The molecule has 0 unspecified atom stereocenters. The molecule has 84 valence electrons. The van der Waals surface area contributed by atoms with E-state index in [0.29, 0.717) is 29.6 Å². The number of hydrogen-bond acceptors (Lipinski definition) is 5. The molecule has 1 aromatic heterocycles. The van der Waals surface area contributed by atoms with Crippen LogP contribution in [0.3, 0.4) is 0 Å². The van der Waals surface area contributed by atoms with Crippen LogP contribution >= 0.6 is 15.9 Å². The number of anilines is 1. The lowest BCUT2D eigenvalue weighted by Gasteiger charge is -2.00. The smallest absolute Gasteiger partial charge is 0.260 e. The van der Waals surface area contributed by atoms with Gasteiger partial charge in [0.25, 0.3) is 5.89 Å². The van der Waals surface area contributed by atoms with E-state index < -0.39 is 0 Å². The van der Waals surface area contributed by atoms with E-state index in [1.54, 1.807) is 13.2 Å². The number of nitrogens with two attached hydrogens (primary N) is 1. The molecule has 0 saturated carbocycles. The van der Waals surface area contributed by atoms with Gasteiger partial charge in [-0.2, -0.15) is 4.98 Å². The zero-order valence-electron chi connectivity index (χ0n) is 8.61. The Morgan fingerprint density at radius 3 is 3.06 bits per heavy atom. The number of aromatic nitrogens is 2. The van der Waals surface area contributed by atoms with Gasteiger partial charge in [-0.25, -0.2) is 0 Å². The van der Waals surface area contributed by atoms with Crippen molar-refractivity contribution in [2.24, 2.45) is 0 Å². The van der Waals surface area contributed by atoms with Crippen molar-refractivity contribution in [2.75, 3.05) is 12.8 Å². The Morgan fingerprint density at radius 1 is 1.50 bits per heavy atom. The van der Waals surface area contributed by atoms with Crippen LogP contribution in [0.1, 0.15) is 5.82 Å². The summed E-state index contributed by atoms with van der Waals surface area (Å²) in [6.07, 6.45) is 0. The molecule has 0 radical (unpaired) electrons. The molecule has 2 N–H and O–H groups in total. The summed E-state index contributed by atoms with van der Waals surface area (Å²) >= 11 is 3.36. The van der Waals surface area contributed by atoms with Gasteiger partial charge in [0, 0.05) is 17.3 Å². The fraction of sp³-hybridized carbons (Fsp3) is 0.200. The maximum absolute atomic E-state index is 5.82. The first-order valence-electron chi connectivity index (χ1n) is 4.57. The van der Waals surface area contributed by atoms with Gasteiger partial charge in [-0.05, 0) is 18.2 Å². The molecular formula is C10H10BrN3O2. The summed E-state index contributed by atoms with van der Waals surface area (Å²) in [5.41, 5.74) is 7.13. The van der Waals surface area contributed by atoms with Crippen molar-refractivity contribution in [1.29, 1.82) is 0 Å². The summed E-state index contributed by atoms with van der Waals surface area (Å²) in [6, 6.07) is 5.46. The topological polar surface area (TPSA) is 74.2 Å². The van der Waals surface area contributed by atoms with E-state index in [1.165, 1.54) is 0 Å². The summed E-state index contributed by atoms with van der Waals surface area (Å²) in [5, 5.41) is 3.77. The van der Waals surface area contributed by atoms with E-state index in [0.717, 1.165) is 4.47 Å². The predicted octanol–water partition coefficient (Wildman–Crippen LogP) is 2.23. The Morgan fingerprint density at radius 2 is 2.31 bits per heavy atom. The van der Waals surface area contributed by atoms with Gasteiger partial charge in [-0.3, -0.25) is 0 Å². The molecule has 5 nitrogen and oxygen atoms in total. The van der Waals surface area contributed by atoms with Crippen molar-refractivity contribution in [1.82, 2.24) is 10.1 Å². The molecule has 0 fully saturated rings. The molecule has 0 aliphatic carbocycles. The molecule has 2 rings (SSSR count). The van der Waals surface area contributed by atoms with Crippen LogP contribution in [0.5, 0.6) is 0 Å². The lowest BCUT2D eigenvalue weighted by atomic mass is 10.2. The minimum absolute atomic E-state index is 0.317. The number of ether oxygens (including phenoxy) is 1. The highest BCUT2D eigenvalue weighted by atomic mass is 79.9. The standard InChI is InChI=1S/C10H10BrN3O2/c1-15-5-9-13-10(16-14-9)7-4-6(11)2-3-8(7)12/h2-4H,5,12H2,1H3. The van der Waals surface area contributed by atoms with Crippen LogP contribution in [0.25, 0.3) is 11.5 Å². The minimum Gasteiger partial charge on any atom is -0.398 e. The summed E-state index contributed by atoms with van der Waals surface area (Å²) in [6.45, 7) is 0.317. The van der Waals surface area contributed by atoms with E-state index in [2.05, 4.69) is 26.1 Å². The van der Waals surface area contributed by atoms with Gasteiger partial charge in [0.05, 0.1) is 5.56 Å². The zero-order valence-corrected chi connectivity index (χ0v) is 10.2. The SMILES string of the molecule is COCc1noc(-c2cc(Br)ccc2N)n1. The minimum atomic E-state index is 0.317. The van der Waals surface area contributed by atoms with Crippen LogP contribution in [0, 0.1) is 0 Å². The van der Waals surface area contributed by atoms with E-state index >= 15 is 0 Å². The molecule has 0 aliphatic heterocycles. The second kappa shape index (κ2) is 4.63. The predicted molar refractivity (Wildman–Crippen MR) is 62.6 cm³/mol. The first-order chi connectivity index (χ1) is 7.70. The summed E-state index contributed by atoms with van der Waals surface area (Å²) < 4.78 is 10.9. The lowest BCUT2D eigenvalue weighted by molar-refractivity contribution is 0.174. The third-order valence-corrected chi connectivity index (χ3v) is 2.48. The largest absolute Gasteiger partial charge is 0.398 e. The molecule has 1 aromatic carbocycles. The Hall–Kier alpha value is -1.40. The van der Waals surface area contributed by atoms with E-state index in [-0.39, 0.29) is 0 Å². The summed E-state index contributed by atoms with van der Waals surface area (Å²) in [7, 11) is 1.57. The van der Waals surface area contributed by atoms with Crippen molar-refractivity contribution in [2.45, 2.75) is 6.61 Å². The van der Waals surface area contributed by atoms with Gasteiger partial charge >= 0.3 is 0 Å². The zero-order chi connectivity index (χ0) is 11.5. The Kier molecular flexibility index (Phi) is 3.21. The fourth-order valence-corrected chi connectivity index (χ4v) is 1.63. The van der Waals surface area contributed by atoms with Crippen molar-refractivity contribution in [3.8, 4) is 11.5 Å². The van der Waals surface area contributed by atoms with Crippen molar-refractivity contribution in [3.05, 3.63) is 28.5 Å². The van der Waals surface area contributed by atoms with Crippen LogP contribution in [0.4, 0.5) is 5.69 Å². The van der Waals surface area contributed by atoms with Gasteiger partial charge in [0.1, 0.15) is 6.61 Å². The Bertz CT molecular complexity index is 499. The third-order valence-electron chi connectivity index (χ3n) is 1.99. The van der Waals surface area contributed by atoms with Crippen molar-refractivity contribution < 1.29 is 9.26 Å². The molecule has 2 aromatic rings. The molecular weight excluding hydrogens is 274 g/mol. The first-order valence-corrected chi connectivity index (χ1v) is 5.37. The molecule has 0 spiro atoms.